The van der Waals surface area contributed by atoms with Gasteiger partial charge in [-0.05, 0) is 31.2 Å². The minimum absolute atomic E-state index is 0.0876. The fourth-order valence-electron chi connectivity index (χ4n) is 1.68. The van der Waals surface area contributed by atoms with Gasteiger partial charge in [0.25, 0.3) is 5.91 Å². The Balaban J connectivity index is 2.35. The van der Waals surface area contributed by atoms with Crippen molar-refractivity contribution in [2.24, 2.45) is 0 Å². The summed E-state index contributed by atoms with van der Waals surface area (Å²) >= 11 is 0. The first-order chi connectivity index (χ1) is 9.49. The van der Waals surface area contributed by atoms with Crippen molar-refractivity contribution in [2.75, 3.05) is 5.32 Å². The number of pyridine rings is 1. The highest BCUT2D eigenvalue weighted by atomic mass is 19.1. The van der Waals surface area contributed by atoms with Crippen molar-refractivity contribution in [1.82, 2.24) is 4.98 Å². The molecule has 0 saturated heterocycles. The molecule has 1 heterocycles. The van der Waals surface area contributed by atoms with Gasteiger partial charge in [-0.3, -0.25) is 4.79 Å². The molecule has 0 atom stereocenters. The Morgan fingerprint density at radius 1 is 1.20 bits per heavy atom. The number of carbonyl (C=O) groups is 2. The minimum Gasteiger partial charge on any atom is -0.478 e. The number of para-hydroxylation sites is 1. The zero-order valence-corrected chi connectivity index (χ0v) is 10.6. The van der Waals surface area contributed by atoms with Crippen LogP contribution in [0.5, 0.6) is 0 Å². The number of carbonyl (C=O) groups excluding carboxylic acids is 1. The van der Waals surface area contributed by atoms with Crippen molar-refractivity contribution < 1.29 is 19.1 Å². The lowest BCUT2D eigenvalue weighted by atomic mass is 10.1. The number of amides is 1. The van der Waals surface area contributed by atoms with Crippen LogP contribution in [0.25, 0.3) is 0 Å². The molecular formula is C14H11FN2O3. The highest BCUT2D eigenvalue weighted by Crippen LogP contribution is 2.20. The predicted octanol–water partition coefficient (Wildman–Crippen LogP) is 2.48. The van der Waals surface area contributed by atoms with Gasteiger partial charge in [0.2, 0.25) is 0 Å². The summed E-state index contributed by atoms with van der Waals surface area (Å²) < 4.78 is 13.7. The fourth-order valence-corrected chi connectivity index (χ4v) is 1.68. The van der Waals surface area contributed by atoms with Gasteiger partial charge in [0, 0.05) is 5.69 Å². The van der Waals surface area contributed by atoms with E-state index in [0.717, 1.165) is 6.07 Å². The third-order valence-corrected chi connectivity index (χ3v) is 2.60. The molecule has 6 heteroatoms. The van der Waals surface area contributed by atoms with Gasteiger partial charge in [-0.15, -0.1) is 0 Å². The van der Waals surface area contributed by atoms with Crippen LogP contribution in [0.15, 0.2) is 36.4 Å². The highest BCUT2D eigenvalue weighted by molar-refractivity contribution is 6.06. The van der Waals surface area contributed by atoms with E-state index in [4.69, 9.17) is 5.11 Å². The third-order valence-electron chi connectivity index (χ3n) is 2.60. The Morgan fingerprint density at radius 3 is 2.55 bits per heavy atom. The molecule has 1 amide bonds. The van der Waals surface area contributed by atoms with Crippen LogP contribution in [0, 0.1) is 12.7 Å². The molecule has 0 fully saturated rings. The number of nitrogens with one attached hydrogen (secondary N) is 1. The maximum absolute atomic E-state index is 13.7. The first kappa shape index (κ1) is 13.7. The Morgan fingerprint density at radius 2 is 1.90 bits per heavy atom. The summed E-state index contributed by atoms with van der Waals surface area (Å²) in [5.74, 6) is -2.80. The van der Waals surface area contributed by atoms with Gasteiger partial charge in [0.1, 0.15) is 11.5 Å². The molecular weight excluding hydrogens is 263 g/mol. The lowest BCUT2D eigenvalue weighted by Gasteiger charge is -2.09. The first-order valence-corrected chi connectivity index (χ1v) is 5.76. The SMILES string of the molecule is Cc1cccc(C(=O)Nc2c(F)cccc2C(=O)O)n1. The molecule has 2 rings (SSSR count). The molecule has 0 spiro atoms. The average molecular weight is 274 g/mol. The van der Waals surface area contributed by atoms with Crippen LogP contribution in [0.1, 0.15) is 26.5 Å². The number of aromatic carboxylic acids is 1. The van der Waals surface area contributed by atoms with Crippen molar-refractivity contribution in [3.05, 3.63) is 59.2 Å². The topological polar surface area (TPSA) is 79.3 Å². The molecule has 0 radical (unpaired) electrons. The minimum atomic E-state index is -1.32. The Hall–Kier alpha value is -2.76. The van der Waals surface area contributed by atoms with E-state index in [0.29, 0.717) is 5.69 Å². The summed E-state index contributed by atoms with van der Waals surface area (Å²) in [6.07, 6.45) is 0. The van der Waals surface area contributed by atoms with Crippen LogP contribution in [-0.2, 0) is 0 Å². The summed E-state index contributed by atoms with van der Waals surface area (Å²) in [4.78, 5) is 27.0. The monoisotopic (exact) mass is 274 g/mol. The van der Waals surface area contributed by atoms with E-state index in [1.807, 2.05) is 0 Å². The van der Waals surface area contributed by atoms with Crippen molar-refractivity contribution in [3.8, 4) is 0 Å². The van der Waals surface area contributed by atoms with E-state index < -0.39 is 17.7 Å². The number of anilines is 1. The summed E-state index contributed by atoms with van der Waals surface area (Å²) in [5, 5.41) is 11.2. The molecule has 0 aliphatic heterocycles. The van der Waals surface area contributed by atoms with E-state index >= 15 is 0 Å². The second-order valence-electron chi connectivity index (χ2n) is 4.09. The number of hydrogen-bond acceptors (Lipinski definition) is 3. The second-order valence-corrected chi connectivity index (χ2v) is 4.09. The molecule has 1 aromatic heterocycles. The third kappa shape index (κ3) is 2.80. The zero-order chi connectivity index (χ0) is 14.7. The quantitative estimate of drug-likeness (QED) is 0.901. The van der Waals surface area contributed by atoms with Crippen LogP contribution in [-0.4, -0.2) is 22.0 Å². The number of aryl methyl sites for hydroxylation is 1. The molecule has 5 nitrogen and oxygen atoms in total. The van der Waals surface area contributed by atoms with E-state index in [9.17, 15) is 14.0 Å². The van der Waals surface area contributed by atoms with Crippen LogP contribution in [0.4, 0.5) is 10.1 Å². The predicted molar refractivity (Wildman–Crippen MR) is 70.3 cm³/mol. The molecule has 1 aromatic carbocycles. The maximum Gasteiger partial charge on any atom is 0.337 e. The van der Waals surface area contributed by atoms with Gasteiger partial charge in [-0.2, -0.15) is 0 Å². The smallest absolute Gasteiger partial charge is 0.337 e. The Bertz CT molecular complexity index is 686. The van der Waals surface area contributed by atoms with Crippen LogP contribution in [0.2, 0.25) is 0 Å². The summed E-state index contributed by atoms with van der Waals surface area (Å²) in [6.45, 7) is 1.71. The molecule has 0 unspecified atom stereocenters. The summed E-state index contributed by atoms with van der Waals surface area (Å²) in [6, 6.07) is 8.36. The van der Waals surface area contributed by atoms with Crippen LogP contribution >= 0.6 is 0 Å². The fraction of sp³-hybridized carbons (Fsp3) is 0.0714. The van der Waals surface area contributed by atoms with Gasteiger partial charge in [-0.1, -0.05) is 12.1 Å². The average Bonchev–Trinajstić information content (AvgIpc) is 2.40. The normalized spacial score (nSPS) is 10.1. The van der Waals surface area contributed by atoms with Crippen molar-refractivity contribution in [3.63, 3.8) is 0 Å². The molecule has 20 heavy (non-hydrogen) atoms. The Labute approximate surface area is 114 Å². The molecule has 0 bridgehead atoms. The van der Waals surface area contributed by atoms with Crippen LogP contribution < -0.4 is 5.32 Å². The number of aromatic nitrogens is 1. The summed E-state index contributed by atoms with van der Waals surface area (Å²) in [5.41, 5.74) is 0.0357. The number of benzene rings is 1. The standard InChI is InChI=1S/C14H11FN2O3/c1-8-4-2-7-11(16-8)13(18)17-12-9(14(19)20)5-3-6-10(12)15/h2-7H,1H3,(H,17,18)(H,19,20). The van der Waals surface area contributed by atoms with Gasteiger partial charge in [0.15, 0.2) is 0 Å². The molecule has 2 N–H and O–H groups in total. The van der Waals surface area contributed by atoms with Gasteiger partial charge >= 0.3 is 5.97 Å². The second kappa shape index (κ2) is 5.48. The van der Waals surface area contributed by atoms with Crippen molar-refractivity contribution >= 4 is 17.6 Å². The maximum atomic E-state index is 13.7. The number of rotatable bonds is 3. The van der Waals surface area contributed by atoms with Gasteiger partial charge in [0.05, 0.1) is 11.3 Å². The number of carboxylic acids is 1. The molecule has 0 aliphatic carbocycles. The summed E-state index contributed by atoms with van der Waals surface area (Å²) in [7, 11) is 0. The lowest BCUT2D eigenvalue weighted by Crippen LogP contribution is -2.17. The lowest BCUT2D eigenvalue weighted by molar-refractivity contribution is 0.0697. The number of halogens is 1. The molecule has 0 saturated carbocycles. The van der Waals surface area contributed by atoms with E-state index in [1.54, 1.807) is 19.1 Å². The van der Waals surface area contributed by atoms with Gasteiger partial charge in [-0.25, -0.2) is 14.2 Å². The van der Waals surface area contributed by atoms with Crippen molar-refractivity contribution in [2.45, 2.75) is 6.92 Å². The van der Waals surface area contributed by atoms with E-state index in [1.165, 1.54) is 18.2 Å². The van der Waals surface area contributed by atoms with Crippen LogP contribution in [0.3, 0.4) is 0 Å². The largest absolute Gasteiger partial charge is 0.478 e. The van der Waals surface area contributed by atoms with E-state index in [2.05, 4.69) is 10.3 Å². The molecule has 102 valence electrons. The first-order valence-electron chi connectivity index (χ1n) is 5.76. The number of hydrogen-bond donors (Lipinski definition) is 2. The molecule has 2 aromatic rings. The number of nitrogens with zero attached hydrogens (tertiary/aromatic N) is 1. The van der Waals surface area contributed by atoms with E-state index in [-0.39, 0.29) is 16.9 Å². The molecule has 0 aliphatic rings. The van der Waals surface area contributed by atoms with Crippen molar-refractivity contribution in [1.29, 1.82) is 0 Å². The number of carboxylic acid groups (broad SMARTS) is 1. The van der Waals surface area contributed by atoms with Gasteiger partial charge < -0.3 is 10.4 Å². The zero-order valence-electron chi connectivity index (χ0n) is 10.6. The Kier molecular flexibility index (Phi) is 3.74. The highest BCUT2D eigenvalue weighted by Gasteiger charge is 2.17.